The van der Waals surface area contributed by atoms with E-state index in [1.165, 1.54) is 14.0 Å². The van der Waals surface area contributed by atoms with Crippen LogP contribution in [-0.4, -0.2) is 42.8 Å². The van der Waals surface area contributed by atoms with E-state index in [1.807, 2.05) is 26.0 Å². The van der Waals surface area contributed by atoms with Crippen molar-refractivity contribution < 1.29 is 19.4 Å². The van der Waals surface area contributed by atoms with Crippen LogP contribution >= 0.6 is 0 Å². The number of methoxy groups -OCH3 is 1. The predicted molar refractivity (Wildman–Crippen MR) is 80.1 cm³/mol. The SMILES string of the molecule is COCC(C)(O)CNC(=O)C(=O)Nc1cc(C)ccc1C. The first kappa shape index (κ1) is 17.1. The minimum atomic E-state index is -1.22. The number of aliphatic hydroxyl groups is 1. The van der Waals surface area contributed by atoms with Crippen LogP contribution in [0.4, 0.5) is 5.69 Å². The minimum absolute atomic E-state index is 0.0614. The third kappa shape index (κ3) is 5.53. The maximum atomic E-state index is 11.8. The van der Waals surface area contributed by atoms with Crippen molar-refractivity contribution in [2.24, 2.45) is 0 Å². The number of aryl methyl sites for hydroxylation is 2. The van der Waals surface area contributed by atoms with Gasteiger partial charge in [-0.3, -0.25) is 9.59 Å². The summed E-state index contributed by atoms with van der Waals surface area (Å²) in [6, 6.07) is 5.58. The molecule has 0 heterocycles. The van der Waals surface area contributed by atoms with E-state index in [2.05, 4.69) is 10.6 Å². The lowest BCUT2D eigenvalue weighted by Crippen LogP contribution is -2.46. The molecule has 0 saturated heterocycles. The van der Waals surface area contributed by atoms with Gasteiger partial charge in [-0.25, -0.2) is 0 Å². The van der Waals surface area contributed by atoms with Gasteiger partial charge >= 0.3 is 11.8 Å². The van der Waals surface area contributed by atoms with Gasteiger partial charge in [-0.05, 0) is 38.0 Å². The summed E-state index contributed by atoms with van der Waals surface area (Å²) in [4.78, 5) is 23.5. The van der Waals surface area contributed by atoms with Crippen molar-refractivity contribution in [1.29, 1.82) is 0 Å². The molecule has 116 valence electrons. The van der Waals surface area contributed by atoms with Crippen LogP contribution in [0.1, 0.15) is 18.1 Å². The smallest absolute Gasteiger partial charge is 0.313 e. The first-order valence-corrected chi connectivity index (χ1v) is 6.63. The van der Waals surface area contributed by atoms with Crippen LogP contribution in [-0.2, 0) is 14.3 Å². The van der Waals surface area contributed by atoms with E-state index in [0.717, 1.165) is 11.1 Å². The number of nitrogens with one attached hydrogen (secondary N) is 2. The Morgan fingerprint density at radius 1 is 1.29 bits per heavy atom. The molecule has 21 heavy (non-hydrogen) atoms. The molecule has 1 atom stereocenters. The van der Waals surface area contributed by atoms with Crippen molar-refractivity contribution in [3.63, 3.8) is 0 Å². The molecule has 6 heteroatoms. The summed E-state index contributed by atoms with van der Waals surface area (Å²) in [6.45, 7) is 5.25. The molecule has 2 amide bonds. The highest BCUT2D eigenvalue weighted by Crippen LogP contribution is 2.16. The van der Waals surface area contributed by atoms with Crippen molar-refractivity contribution in [3.05, 3.63) is 29.3 Å². The molecule has 3 N–H and O–H groups in total. The second-order valence-corrected chi connectivity index (χ2v) is 5.39. The predicted octanol–water partition coefficient (Wildman–Crippen LogP) is 0.756. The van der Waals surface area contributed by atoms with Crippen LogP contribution < -0.4 is 10.6 Å². The summed E-state index contributed by atoms with van der Waals surface area (Å²) in [6.07, 6.45) is 0. The molecule has 0 radical (unpaired) electrons. The van der Waals surface area contributed by atoms with Gasteiger partial charge in [0, 0.05) is 19.3 Å². The van der Waals surface area contributed by atoms with E-state index in [9.17, 15) is 14.7 Å². The lowest BCUT2D eigenvalue weighted by molar-refractivity contribution is -0.137. The Morgan fingerprint density at radius 2 is 1.95 bits per heavy atom. The Balaban J connectivity index is 2.59. The third-order valence-corrected chi connectivity index (χ3v) is 2.93. The fourth-order valence-corrected chi connectivity index (χ4v) is 1.76. The number of ether oxygens (including phenoxy) is 1. The van der Waals surface area contributed by atoms with E-state index < -0.39 is 17.4 Å². The van der Waals surface area contributed by atoms with Crippen LogP contribution in [0.2, 0.25) is 0 Å². The van der Waals surface area contributed by atoms with E-state index in [0.29, 0.717) is 5.69 Å². The standard InChI is InChI=1S/C15H22N2O4/c1-10-5-6-11(2)12(7-10)17-14(19)13(18)16-8-15(3,20)9-21-4/h5-7,20H,8-9H2,1-4H3,(H,16,18)(H,17,19). The van der Waals surface area contributed by atoms with Gasteiger partial charge in [-0.2, -0.15) is 0 Å². The van der Waals surface area contributed by atoms with Crippen LogP contribution in [0, 0.1) is 13.8 Å². The molecule has 1 aromatic carbocycles. The van der Waals surface area contributed by atoms with Crippen LogP contribution in [0.25, 0.3) is 0 Å². The zero-order chi connectivity index (χ0) is 16.0. The minimum Gasteiger partial charge on any atom is -0.386 e. The molecule has 6 nitrogen and oxygen atoms in total. The molecular weight excluding hydrogens is 272 g/mol. The van der Waals surface area contributed by atoms with Crippen molar-refractivity contribution >= 4 is 17.5 Å². The molecule has 0 bridgehead atoms. The van der Waals surface area contributed by atoms with Gasteiger partial charge in [0.15, 0.2) is 0 Å². The fourth-order valence-electron chi connectivity index (χ4n) is 1.76. The Labute approximate surface area is 124 Å². The number of benzene rings is 1. The number of rotatable bonds is 5. The molecule has 0 aliphatic rings. The summed E-state index contributed by atoms with van der Waals surface area (Å²) in [7, 11) is 1.45. The van der Waals surface area contributed by atoms with E-state index in [1.54, 1.807) is 6.07 Å². The zero-order valence-electron chi connectivity index (χ0n) is 12.8. The topological polar surface area (TPSA) is 87.7 Å². The molecular formula is C15H22N2O4. The second-order valence-electron chi connectivity index (χ2n) is 5.39. The maximum absolute atomic E-state index is 11.8. The van der Waals surface area contributed by atoms with E-state index in [4.69, 9.17) is 4.74 Å². The van der Waals surface area contributed by atoms with Gasteiger partial charge in [0.1, 0.15) is 5.60 Å². The van der Waals surface area contributed by atoms with Gasteiger partial charge < -0.3 is 20.5 Å². The van der Waals surface area contributed by atoms with Gasteiger partial charge in [0.25, 0.3) is 0 Å². The lowest BCUT2D eigenvalue weighted by Gasteiger charge is -2.22. The van der Waals surface area contributed by atoms with Crippen molar-refractivity contribution in [3.8, 4) is 0 Å². The van der Waals surface area contributed by atoms with E-state index in [-0.39, 0.29) is 13.2 Å². The summed E-state index contributed by atoms with van der Waals surface area (Å²) >= 11 is 0. The first-order valence-electron chi connectivity index (χ1n) is 6.63. The lowest BCUT2D eigenvalue weighted by atomic mass is 10.1. The van der Waals surface area contributed by atoms with Crippen molar-refractivity contribution in [1.82, 2.24) is 5.32 Å². The van der Waals surface area contributed by atoms with Crippen molar-refractivity contribution in [2.75, 3.05) is 25.6 Å². The van der Waals surface area contributed by atoms with Gasteiger partial charge in [0.05, 0.1) is 6.61 Å². The van der Waals surface area contributed by atoms with Crippen molar-refractivity contribution in [2.45, 2.75) is 26.4 Å². The number of hydrogen-bond acceptors (Lipinski definition) is 4. The largest absolute Gasteiger partial charge is 0.386 e. The molecule has 0 spiro atoms. The van der Waals surface area contributed by atoms with Crippen LogP contribution in [0.15, 0.2) is 18.2 Å². The molecule has 1 unspecified atom stereocenters. The molecule has 0 aliphatic carbocycles. The summed E-state index contributed by atoms with van der Waals surface area (Å²) in [5, 5.41) is 14.8. The number of hydrogen-bond donors (Lipinski definition) is 3. The zero-order valence-corrected chi connectivity index (χ0v) is 12.8. The highest BCUT2D eigenvalue weighted by atomic mass is 16.5. The fraction of sp³-hybridized carbons (Fsp3) is 0.467. The van der Waals surface area contributed by atoms with Gasteiger partial charge in [-0.1, -0.05) is 12.1 Å². The number of anilines is 1. The number of carbonyl (C=O) groups excluding carboxylic acids is 2. The number of amides is 2. The Kier molecular flexibility index (Phi) is 5.87. The molecule has 1 rings (SSSR count). The normalized spacial score (nSPS) is 13.4. The van der Waals surface area contributed by atoms with E-state index >= 15 is 0 Å². The summed E-state index contributed by atoms with van der Waals surface area (Å²) in [5.74, 6) is -1.57. The highest BCUT2D eigenvalue weighted by Gasteiger charge is 2.23. The van der Waals surface area contributed by atoms with Gasteiger partial charge in [-0.15, -0.1) is 0 Å². The molecule has 1 aromatic rings. The first-order chi connectivity index (χ1) is 9.75. The molecule has 0 aliphatic heterocycles. The Hall–Kier alpha value is -1.92. The van der Waals surface area contributed by atoms with Crippen LogP contribution in [0.3, 0.4) is 0 Å². The third-order valence-electron chi connectivity index (χ3n) is 2.93. The van der Waals surface area contributed by atoms with Gasteiger partial charge in [0.2, 0.25) is 0 Å². The van der Waals surface area contributed by atoms with Crippen LogP contribution in [0.5, 0.6) is 0 Å². The molecule has 0 aromatic heterocycles. The quantitative estimate of drug-likeness (QED) is 0.700. The average molecular weight is 294 g/mol. The molecule has 0 saturated carbocycles. The number of carbonyl (C=O) groups is 2. The highest BCUT2D eigenvalue weighted by molar-refractivity contribution is 6.39. The monoisotopic (exact) mass is 294 g/mol. The average Bonchev–Trinajstić information content (AvgIpc) is 2.40. The molecule has 0 fully saturated rings. The maximum Gasteiger partial charge on any atom is 0.313 e. The Morgan fingerprint density at radius 3 is 2.57 bits per heavy atom. The summed E-state index contributed by atoms with van der Waals surface area (Å²) < 4.78 is 4.82. The Bertz CT molecular complexity index is 526. The second kappa shape index (κ2) is 7.19. The summed E-state index contributed by atoms with van der Waals surface area (Å²) in [5.41, 5.74) is 1.23.